The number of ketones is 1. The highest BCUT2D eigenvalue weighted by molar-refractivity contribution is 7.86. The van der Waals surface area contributed by atoms with Crippen molar-refractivity contribution in [2.45, 2.75) is 59.5 Å². The molecule has 0 saturated heterocycles. The maximum atomic E-state index is 12.3. The van der Waals surface area contributed by atoms with Crippen LogP contribution in [0.4, 0.5) is 0 Å². The van der Waals surface area contributed by atoms with Crippen LogP contribution in [0, 0.1) is 16.7 Å². The van der Waals surface area contributed by atoms with E-state index in [1.165, 1.54) is 0 Å². The van der Waals surface area contributed by atoms with Gasteiger partial charge < -0.3 is 0 Å². The van der Waals surface area contributed by atoms with Gasteiger partial charge in [-0.05, 0) is 37.5 Å². The predicted octanol–water partition coefficient (Wildman–Crippen LogP) is 2.53. The predicted molar refractivity (Wildman–Crippen MR) is 73.2 cm³/mol. The number of Topliss-reactive ketones (excluding diaryl/α,β-unsaturated/α-hetero) is 1. The van der Waals surface area contributed by atoms with E-state index in [9.17, 15) is 13.2 Å². The van der Waals surface area contributed by atoms with Gasteiger partial charge in [0.1, 0.15) is 5.78 Å². The summed E-state index contributed by atoms with van der Waals surface area (Å²) in [5.74, 6) is 0.302. The number of rotatable bonds is 5. The minimum Gasteiger partial charge on any atom is -0.299 e. The van der Waals surface area contributed by atoms with Crippen molar-refractivity contribution in [3.63, 3.8) is 0 Å². The van der Waals surface area contributed by atoms with E-state index in [0.717, 1.165) is 6.42 Å². The number of hydrogen-bond acceptors (Lipinski definition) is 4. The number of hydrogen-bond donors (Lipinski definition) is 0. The first-order valence-electron chi connectivity index (χ1n) is 7.09. The van der Waals surface area contributed by atoms with Gasteiger partial charge in [-0.15, -0.1) is 0 Å². The molecule has 0 aromatic heterocycles. The summed E-state index contributed by atoms with van der Waals surface area (Å²) < 4.78 is 29.6. The zero-order chi connectivity index (χ0) is 14.5. The van der Waals surface area contributed by atoms with Crippen molar-refractivity contribution in [2.75, 3.05) is 5.75 Å². The molecule has 2 bridgehead atoms. The first kappa shape index (κ1) is 15.0. The standard InChI is InChI=1S/C14H24O4S/c1-5-10(2)18-19(16,17)9-14-7-6-11(8-12(14)15)13(14,3)4/h10-11H,5-9H2,1-4H3. The van der Waals surface area contributed by atoms with Crippen LogP contribution in [0.1, 0.15) is 53.4 Å². The minimum atomic E-state index is -3.64. The van der Waals surface area contributed by atoms with Crippen LogP contribution in [0.15, 0.2) is 0 Å². The summed E-state index contributed by atoms with van der Waals surface area (Å²) in [6.45, 7) is 7.70. The molecule has 19 heavy (non-hydrogen) atoms. The molecule has 0 spiro atoms. The molecule has 2 saturated carbocycles. The van der Waals surface area contributed by atoms with Gasteiger partial charge in [0.25, 0.3) is 10.1 Å². The van der Waals surface area contributed by atoms with Crippen molar-refractivity contribution < 1.29 is 17.4 Å². The Morgan fingerprint density at radius 3 is 2.47 bits per heavy atom. The maximum Gasteiger partial charge on any atom is 0.268 e. The quantitative estimate of drug-likeness (QED) is 0.729. The third-order valence-corrected chi connectivity index (χ3v) is 6.92. The van der Waals surface area contributed by atoms with Gasteiger partial charge >= 0.3 is 0 Å². The largest absolute Gasteiger partial charge is 0.299 e. The van der Waals surface area contributed by atoms with E-state index in [2.05, 4.69) is 0 Å². The lowest BCUT2D eigenvalue weighted by Crippen LogP contribution is -2.43. The van der Waals surface area contributed by atoms with Gasteiger partial charge in [0, 0.05) is 6.42 Å². The highest BCUT2D eigenvalue weighted by Gasteiger charge is 2.65. The molecule has 5 heteroatoms. The molecule has 4 nitrogen and oxygen atoms in total. The van der Waals surface area contributed by atoms with Gasteiger partial charge in [-0.1, -0.05) is 20.8 Å². The minimum absolute atomic E-state index is 0.116. The van der Waals surface area contributed by atoms with Crippen LogP contribution in [0.3, 0.4) is 0 Å². The van der Waals surface area contributed by atoms with Crippen LogP contribution in [0.2, 0.25) is 0 Å². The summed E-state index contributed by atoms with van der Waals surface area (Å²) in [5.41, 5.74) is -0.945. The third kappa shape index (κ3) is 2.25. The van der Waals surface area contributed by atoms with Gasteiger partial charge in [0.2, 0.25) is 0 Å². The van der Waals surface area contributed by atoms with Crippen molar-refractivity contribution in [2.24, 2.45) is 16.7 Å². The van der Waals surface area contributed by atoms with Crippen LogP contribution in [0.25, 0.3) is 0 Å². The van der Waals surface area contributed by atoms with E-state index in [1.54, 1.807) is 6.92 Å². The van der Waals surface area contributed by atoms with Crippen LogP contribution in [-0.4, -0.2) is 26.1 Å². The number of carbonyl (C=O) groups excluding carboxylic acids is 1. The average molecular weight is 288 g/mol. The van der Waals surface area contributed by atoms with Gasteiger partial charge in [-0.25, -0.2) is 0 Å². The molecule has 0 aliphatic heterocycles. The number of fused-ring (bicyclic) bond motifs is 2. The molecule has 0 radical (unpaired) electrons. The Labute approximate surface area is 116 Å². The monoisotopic (exact) mass is 288 g/mol. The Kier molecular flexibility index (Phi) is 3.59. The Morgan fingerprint density at radius 1 is 1.42 bits per heavy atom. The van der Waals surface area contributed by atoms with Gasteiger partial charge in [0.05, 0.1) is 17.3 Å². The summed E-state index contributed by atoms with van der Waals surface area (Å²) in [6, 6.07) is 0. The highest BCUT2D eigenvalue weighted by atomic mass is 32.2. The second kappa shape index (κ2) is 4.55. The lowest BCUT2D eigenvalue weighted by Gasteiger charge is -2.36. The Morgan fingerprint density at radius 2 is 2.05 bits per heavy atom. The van der Waals surface area contributed by atoms with Crippen molar-refractivity contribution in [1.29, 1.82) is 0 Å². The van der Waals surface area contributed by atoms with Crippen molar-refractivity contribution in [3.05, 3.63) is 0 Å². The summed E-state index contributed by atoms with van der Waals surface area (Å²) >= 11 is 0. The summed E-state index contributed by atoms with van der Waals surface area (Å²) in [5, 5.41) is 0. The number of carbonyl (C=O) groups is 1. The molecule has 0 aromatic rings. The molecular weight excluding hydrogens is 264 g/mol. The fraction of sp³-hybridized carbons (Fsp3) is 0.929. The van der Waals surface area contributed by atoms with E-state index in [-0.39, 0.29) is 23.1 Å². The smallest absolute Gasteiger partial charge is 0.268 e. The zero-order valence-corrected chi connectivity index (χ0v) is 13.0. The first-order chi connectivity index (χ1) is 8.64. The van der Waals surface area contributed by atoms with Crippen LogP contribution < -0.4 is 0 Å². The molecule has 2 aliphatic carbocycles. The topological polar surface area (TPSA) is 60.4 Å². The molecule has 3 atom stereocenters. The summed E-state index contributed by atoms with van der Waals surface area (Å²) in [7, 11) is -3.64. The third-order valence-electron chi connectivity index (χ3n) is 5.45. The van der Waals surface area contributed by atoms with Crippen LogP contribution >= 0.6 is 0 Å². The normalized spacial score (nSPS) is 34.7. The lowest BCUT2D eigenvalue weighted by atomic mass is 9.70. The average Bonchev–Trinajstić information content (AvgIpc) is 2.61. The fourth-order valence-electron chi connectivity index (χ4n) is 3.76. The molecule has 0 N–H and O–H groups in total. The molecule has 3 unspecified atom stereocenters. The van der Waals surface area contributed by atoms with Gasteiger partial charge in [-0.3, -0.25) is 8.98 Å². The Balaban J connectivity index is 2.24. The molecule has 0 aromatic carbocycles. The van der Waals surface area contributed by atoms with Crippen molar-refractivity contribution in [1.82, 2.24) is 0 Å². The maximum absolute atomic E-state index is 12.3. The SMILES string of the molecule is CCC(C)OS(=O)(=O)CC12CCC(CC1=O)C2(C)C. The van der Waals surface area contributed by atoms with E-state index in [4.69, 9.17) is 4.18 Å². The zero-order valence-electron chi connectivity index (χ0n) is 12.2. The van der Waals surface area contributed by atoms with Crippen molar-refractivity contribution in [3.8, 4) is 0 Å². The second-order valence-electron chi connectivity index (χ2n) is 6.68. The van der Waals surface area contributed by atoms with Crippen LogP contribution in [0.5, 0.6) is 0 Å². The molecule has 2 fully saturated rings. The lowest BCUT2D eigenvalue weighted by molar-refractivity contribution is -0.128. The van der Waals surface area contributed by atoms with Crippen molar-refractivity contribution >= 4 is 15.9 Å². The highest BCUT2D eigenvalue weighted by Crippen LogP contribution is 2.64. The van der Waals surface area contributed by atoms with E-state index < -0.39 is 15.5 Å². The molecule has 0 amide bonds. The molecule has 2 rings (SSSR count). The molecular formula is C14H24O4S. The molecule has 0 heterocycles. The summed E-state index contributed by atoms with van der Waals surface area (Å²) in [6.07, 6.45) is 2.50. The van der Waals surface area contributed by atoms with Gasteiger partial charge in [-0.2, -0.15) is 8.42 Å². The fourth-order valence-corrected chi connectivity index (χ4v) is 5.75. The Bertz CT molecular complexity index is 480. The van der Waals surface area contributed by atoms with Gasteiger partial charge in [0.15, 0.2) is 0 Å². The summed E-state index contributed by atoms with van der Waals surface area (Å²) in [4.78, 5) is 12.3. The molecule has 2 aliphatic rings. The van der Waals surface area contributed by atoms with Crippen LogP contribution in [-0.2, 0) is 19.1 Å². The second-order valence-corrected chi connectivity index (χ2v) is 8.28. The van der Waals surface area contributed by atoms with E-state index in [1.807, 2.05) is 20.8 Å². The van der Waals surface area contributed by atoms with E-state index >= 15 is 0 Å². The first-order valence-corrected chi connectivity index (χ1v) is 8.66. The Hall–Kier alpha value is -0.420. The molecule has 110 valence electrons. The van der Waals surface area contributed by atoms with E-state index in [0.29, 0.717) is 25.2 Å².